The standard InChI is InChI=1S/C21H36BrFN4O2SSi/c1-7-31(8-2,9-3)15-13-16(22)26-18(17(15)23)21(6)14-30(29,25-11-10-12-28)20(4,5)19(24)27-21/h13,28H,7-12,14H2,1-6H3,(H2,24,27)/t21-,30-/m0/s1. The molecule has 1 aliphatic rings. The van der Waals surface area contributed by atoms with Crippen molar-refractivity contribution in [2.45, 2.75) is 76.4 Å². The first-order valence-electron chi connectivity index (χ1n) is 10.9. The Kier molecular flexibility index (Phi) is 8.15. The van der Waals surface area contributed by atoms with Gasteiger partial charge in [-0.15, -0.1) is 0 Å². The highest BCUT2D eigenvalue weighted by atomic mass is 79.9. The van der Waals surface area contributed by atoms with Crippen LogP contribution >= 0.6 is 15.9 Å². The summed E-state index contributed by atoms with van der Waals surface area (Å²) in [5.74, 6) is -0.138. The van der Waals surface area contributed by atoms with Crippen LogP contribution in [-0.4, -0.2) is 51.9 Å². The van der Waals surface area contributed by atoms with E-state index in [4.69, 9.17) is 10.8 Å². The largest absolute Gasteiger partial charge is 0.396 e. The zero-order chi connectivity index (χ0) is 23.7. The smallest absolute Gasteiger partial charge is 0.146 e. The first-order valence-corrected chi connectivity index (χ1v) is 16.0. The molecule has 0 aliphatic carbocycles. The number of aliphatic hydroxyl groups is 1. The highest BCUT2D eigenvalue weighted by molar-refractivity contribution is 9.10. The molecule has 10 heteroatoms. The third-order valence-corrected chi connectivity index (χ3v) is 16.2. The first-order chi connectivity index (χ1) is 14.4. The van der Waals surface area contributed by atoms with E-state index in [0.29, 0.717) is 11.0 Å². The van der Waals surface area contributed by atoms with E-state index in [-0.39, 0.29) is 36.3 Å². The number of hydrogen-bond acceptors (Lipinski definition) is 6. The van der Waals surface area contributed by atoms with Crippen LogP contribution in [0.1, 0.15) is 53.7 Å². The second-order valence-electron chi connectivity index (χ2n) is 8.99. The predicted molar refractivity (Wildman–Crippen MR) is 134 cm³/mol. The highest BCUT2D eigenvalue weighted by Gasteiger charge is 2.49. The summed E-state index contributed by atoms with van der Waals surface area (Å²) in [6.07, 6.45) is 0.409. The molecule has 0 saturated carbocycles. The van der Waals surface area contributed by atoms with Crippen LogP contribution in [0, 0.1) is 5.82 Å². The Bertz CT molecular complexity index is 966. The Morgan fingerprint density at radius 1 is 1.29 bits per heavy atom. The molecule has 176 valence electrons. The molecule has 0 radical (unpaired) electrons. The normalized spacial score (nSPS) is 25.9. The van der Waals surface area contributed by atoms with E-state index in [1.54, 1.807) is 20.8 Å². The average molecular weight is 536 g/mol. The van der Waals surface area contributed by atoms with Gasteiger partial charge < -0.3 is 10.8 Å². The number of halogens is 2. The average Bonchev–Trinajstić information content (AvgIpc) is 2.70. The summed E-state index contributed by atoms with van der Waals surface area (Å²) in [5.41, 5.74) is 5.28. The number of hydrogen-bond donors (Lipinski definition) is 2. The molecule has 31 heavy (non-hydrogen) atoms. The number of pyridine rings is 1. The molecule has 0 unspecified atom stereocenters. The molecule has 0 spiro atoms. The molecule has 0 saturated heterocycles. The lowest BCUT2D eigenvalue weighted by Gasteiger charge is -2.40. The maximum Gasteiger partial charge on any atom is 0.146 e. The Morgan fingerprint density at radius 2 is 1.87 bits per heavy atom. The van der Waals surface area contributed by atoms with Crippen LogP contribution in [0.25, 0.3) is 0 Å². The lowest BCUT2D eigenvalue weighted by Crippen LogP contribution is -2.56. The van der Waals surface area contributed by atoms with Crippen molar-refractivity contribution in [3.8, 4) is 0 Å². The number of aliphatic imine (C=N–C) groups is 1. The van der Waals surface area contributed by atoms with Crippen LogP contribution in [0.2, 0.25) is 18.1 Å². The zero-order valence-electron chi connectivity index (χ0n) is 19.5. The Hall–Kier alpha value is -0.843. The maximum atomic E-state index is 16.1. The monoisotopic (exact) mass is 534 g/mol. The molecule has 6 nitrogen and oxygen atoms in total. The summed E-state index contributed by atoms with van der Waals surface area (Å²) in [4.78, 5) is 9.14. The highest BCUT2D eigenvalue weighted by Crippen LogP contribution is 2.39. The minimum Gasteiger partial charge on any atom is -0.396 e. The van der Waals surface area contributed by atoms with Gasteiger partial charge in [0.05, 0.1) is 30.1 Å². The van der Waals surface area contributed by atoms with Crippen molar-refractivity contribution < 1.29 is 13.7 Å². The number of aromatic nitrogens is 1. The van der Waals surface area contributed by atoms with Gasteiger partial charge in [0.25, 0.3) is 0 Å². The molecular weight excluding hydrogens is 499 g/mol. The Morgan fingerprint density at radius 3 is 2.39 bits per heavy atom. The Labute approximate surface area is 195 Å². The fourth-order valence-corrected chi connectivity index (χ4v) is 11.2. The summed E-state index contributed by atoms with van der Waals surface area (Å²) in [6, 6.07) is 4.59. The molecule has 0 aromatic carbocycles. The van der Waals surface area contributed by atoms with Crippen molar-refractivity contribution in [2.24, 2.45) is 15.1 Å². The van der Waals surface area contributed by atoms with Crippen LogP contribution in [0.4, 0.5) is 4.39 Å². The second kappa shape index (κ2) is 9.57. The fraction of sp³-hybridized carbons (Fsp3) is 0.714. The van der Waals surface area contributed by atoms with E-state index in [0.717, 1.165) is 23.3 Å². The van der Waals surface area contributed by atoms with Crippen molar-refractivity contribution in [3.63, 3.8) is 0 Å². The number of amidine groups is 1. The molecule has 2 rings (SSSR count). The van der Waals surface area contributed by atoms with Crippen molar-refractivity contribution >= 4 is 44.8 Å². The first kappa shape index (κ1) is 26.4. The van der Waals surface area contributed by atoms with E-state index in [2.05, 4.69) is 51.0 Å². The molecule has 2 heterocycles. The zero-order valence-corrected chi connectivity index (χ0v) is 22.9. The molecule has 1 aliphatic heterocycles. The minimum absolute atomic E-state index is 0.0257. The number of nitrogens with zero attached hydrogens (tertiary/aromatic N) is 3. The van der Waals surface area contributed by atoms with Crippen LogP contribution in [0.5, 0.6) is 0 Å². The summed E-state index contributed by atoms with van der Waals surface area (Å²) in [7, 11) is -4.94. The molecule has 1 aromatic heterocycles. The van der Waals surface area contributed by atoms with E-state index >= 15 is 4.39 Å². The molecule has 0 bridgehead atoms. The third-order valence-electron chi connectivity index (χ3n) is 6.91. The number of rotatable bonds is 8. The summed E-state index contributed by atoms with van der Waals surface area (Å²) in [6.45, 7) is 11.8. The van der Waals surface area contributed by atoms with Gasteiger partial charge in [0.1, 0.15) is 32.2 Å². The topological polar surface area (TPSA) is 101 Å². The lowest BCUT2D eigenvalue weighted by atomic mass is 9.98. The van der Waals surface area contributed by atoms with Crippen LogP contribution in [0.3, 0.4) is 0 Å². The van der Waals surface area contributed by atoms with Crippen LogP contribution in [-0.2, 0) is 15.3 Å². The van der Waals surface area contributed by atoms with E-state index in [9.17, 15) is 4.21 Å². The van der Waals surface area contributed by atoms with Crippen molar-refractivity contribution in [3.05, 3.63) is 22.2 Å². The van der Waals surface area contributed by atoms with Gasteiger partial charge in [0.15, 0.2) is 0 Å². The van der Waals surface area contributed by atoms with Crippen molar-refractivity contribution in [2.75, 3.05) is 18.9 Å². The second-order valence-corrected chi connectivity index (χ2v) is 17.9. The van der Waals surface area contributed by atoms with E-state index in [1.807, 2.05) is 6.07 Å². The molecular formula is C21H36BrFN4O2SSi. The van der Waals surface area contributed by atoms with Gasteiger partial charge in [-0.3, -0.25) is 4.99 Å². The van der Waals surface area contributed by atoms with Crippen molar-refractivity contribution in [1.82, 2.24) is 4.98 Å². The number of nitrogens with two attached hydrogens (primary N) is 1. The SMILES string of the molecule is CC[Si](CC)(CC)c1cc(Br)nc([C@]2(C)C[S@@](=O)(=NCCCO)C(C)(C)C(N)=N2)c1F. The molecule has 1 aromatic rings. The quantitative estimate of drug-likeness (QED) is 0.299. The Balaban J connectivity index is 2.77. The summed E-state index contributed by atoms with van der Waals surface area (Å²) < 4.78 is 34.2. The van der Waals surface area contributed by atoms with Crippen LogP contribution in [0.15, 0.2) is 20.0 Å². The van der Waals surface area contributed by atoms with Gasteiger partial charge in [-0.05, 0) is 54.4 Å². The predicted octanol–water partition coefficient (Wildman–Crippen LogP) is 3.91. The van der Waals surface area contributed by atoms with Crippen molar-refractivity contribution in [1.29, 1.82) is 0 Å². The summed E-state index contributed by atoms with van der Waals surface area (Å²) >= 11 is 3.48. The van der Waals surface area contributed by atoms with Crippen LogP contribution < -0.4 is 10.9 Å². The third kappa shape index (κ3) is 4.63. The van der Waals surface area contributed by atoms with Gasteiger partial charge in [0, 0.05) is 6.61 Å². The number of aliphatic hydroxyl groups excluding tert-OH is 1. The summed E-state index contributed by atoms with van der Waals surface area (Å²) in [5, 5.41) is 9.86. The van der Waals surface area contributed by atoms with E-state index in [1.165, 1.54) is 0 Å². The van der Waals surface area contributed by atoms with Gasteiger partial charge in [0.2, 0.25) is 0 Å². The molecule has 0 fully saturated rings. The lowest BCUT2D eigenvalue weighted by molar-refractivity contribution is 0.291. The van der Waals surface area contributed by atoms with E-state index < -0.39 is 28.1 Å². The van der Waals surface area contributed by atoms with Gasteiger partial charge >= 0.3 is 0 Å². The maximum absolute atomic E-state index is 16.1. The molecule has 2 atom stereocenters. The minimum atomic E-state index is -2.89. The van der Waals surface area contributed by atoms with Gasteiger partial charge in [-0.1, -0.05) is 38.9 Å². The van der Waals surface area contributed by atoms with Gasteiger partial charge in [-0.25, -0.2) is 17.9 Å². The fourth-order valence-electron chi connectivity index (χ4n) is 4.33. The molecule has 3 N–H and O–H groups in total. The van der Waals surface area contributed by atoms with Gasteiger partial charge in [-0.2, -0.15) is 0 Å². The molecule has 0 amide bonds.